The number of aromatic amines is 1. The van der Waals surface area contributed by atoms with E-state index in [1.165, 1.54) is 32.2 Å². The molecule has 0 bridgehead atoms. The van der Waals surface area contributed by atoms with E-state index in [4.69, 9.17) is 4.74 Å². The number of carbonyl (C=O) groups is 2. The van der Waals surface area contributed by atoms with E-state index in [9.17, 15) is 23.6 Å². The lowest BCUT2D eigenvalue weighted by atomic mass is 10.1. The van der Waals surface area contributed by atoms with Crippen LogP contribution in [0, 0.1) is 11.7 Å². The van der Waals surface area contributed by atoms with Crippen molar-refractivity contribution >= 4 is 28.7 Å². The lowest BCUT2D eigenvalue weighted by molar-refractivity contribution is -0.150. The van der Waals surface area contributed by atoms with Crippen molar-refractivity contribution < 1.29 is 18.7 Å². The minimum Gasteiger partial charge on any atom is -0.457 e. The zero-order valence-corrected chi connectivity index (χ0v) is 18.3. The minimum absolute atomic E-state index is 0.0113. The van der Waals surface area contributed by atoms with Gasteiger partial charge in [-0.2, -0.15) is 0 Å². The van der Waals surface area contributed by atoms with Crippen LogP contribution in [0.5, 0.6) is 0 Å². The molecule has 0 spiro atoms. The molecule has 1 N–H and O–H groups in total. The average Bonchev–Trinajstić information content (AvgIpc) is 3.32. The predicted molar refractivity (Wildman–Crippen MR) is 117 cm³/mol. The van der Waals surface area contributed by atoms with Crippen molar-refractivity contribution in [1.29, 1.82) is 0 Å². The molecule has 3 heterocycles. The molecule has 0 unspecified atom stereocenters. The number of hydrogen-bond acceptors (Lipinski definition) is 6. The van der Waals surface area contributed by atoms with Gasteiger partial charge in [0.2, 0.25) is 5.91 Å². The van der Waals surface area contributed by atoms with E-state index >= 15 is 0 Å². The number of H-pyrrole nitrogens is 1. The number of para-hydroxylation sites is 1. The number of rotatable bonds is 7. The number of imidazole rings is 1. The molecule has 1 aromatic carbocycles. The number of carbonyl (C=O) groups excluding carboxylic acids is 2. The van der Waals surface area contributed by atoms with Gasteiger partial charge >= 0.3 is 11.7 Å². The summed E-state index contributed by atoms with van der Waals surface area (Å²) in [6.45, 7) is 2.15. The third-order valence-corrected chi connectivity index (χ3v) is 5.79. The van der Waals surface area contributed by atoms with Gasteiger partial charge in [0.15, 0.2) is 11.2 Å². The number of nitrogens with zero attached hydrogens (tertiary/aromatic N) is 4. The Morgan fingerprint density at radius 2 is 2.03 bits per heavy atom. The fraction of sp³-hybridized carbons (Fsp3) is 0.409. The first-order valence-corrected chi connectivity index (χ1v) is 10.7. The van der Waals surface area contributed by atoms with Gasteiger partial charge in [0.05, 0.1) is 11.6 Å². The van der Waals surface area contributed by atoms with Crippen LogP contribution in [0.2, 0.25) is 0 Å². The monoisotopic (exact) mass is 457 g/mol. The van der Waals surface area contributed by atoms with Gasteiger partial charge in [-0.1, -0.05) is 25.5 Å². The molecular weight excluding hydrogens is 433 g/mol. The van der Waals surface area contributed by atoms with Crippen LogP contribution in [-0.4, -0.2) is 37.5 Å². The number of hydrogen-bond donors (Lipinski definition) is 1. The second kappa shape index (κ2) is 9.00. The largest absolute Gasteiger partial charge is 0.457 e. The molecular formula is C22H24FN5O5. The van der Waals surface area contributed by atoms with Crippen LogP contribution in [0.25, 0.3) is 11.2 Å². The highest BCUT2D eigenvalue weighted by atomic mass is 19.1. The molecule has 2 aromatic heterocycles. The number of fused-ring (bicyclic) bond motifs is 1. The van der Waals surface area contributed by atoms with Gasteiger partial charge in [0.25, 0.3) is 5.56 Å². The number of benzene rings is 1. The first-order valence-electron chi connectivity index (χ1n) is 10.7. The third-order valence-electron chi connectivity index (χ3n) is 5.79. The number of anilines is 1. The smallest absolute Gasteiger partial charge is 0.330 e. The Bertz CT molecular complexity index is 1340. The Labute approximate surface area is 187 Å². The molecule has 1 aliphatic rings. The summed E-state index contributed by atoms with van der Waals surface area (Å²) < 4.78 is 22.3. The number of nitrogens with one attached hydrogen (secondary N) is 1. The highest BCUT2D eigenvalue weighted by molar-refractivity contribution is 5.99. The van der Waals surface area contributed by atoms with Crippen LogP contribution in [0.4, 0.5) is 10.1 Å². The number of halogens is 1. The van der Waals surface area contributed by atoms with Crippen molar-refractivity contribution in [3.8, 4) is 0 Å². The summed E-state index contributed by atoms with van der Waals surface area (Å²) in [5, 5.41) is 0. The Balaban J connectivity index is 1.51. The van der Waals surface area contributed by atoms with E-state index in [0.717, 1.165) is 12.8 Å². The predicted octanol–water partition coefficient (Wildman–Crippen LogP) is 1.46. The van der Waals surface area contributed by atoms with E-state index in [-0.39, 0.29) is 48.2 Å². The maximum Gasteiger partial charge on any atom is 0.330 e. The van der Waals surface area contributed by atoms with E-state index in [2.05, 4.69) is 9.97 Å². The maximum atomic E-state index is 14.1. The number of unbranched alkanes of at least 4 members (excludes halogenated alkanes) is 1. The van der Waals surface area contributed by atoms with Gasteiger partial charge in [0.1, 0.15) is 18.2 Å². The van der Waals surface area contributed by atoms with E-state index in [1.807, 2.05) is 6.92 Å². The van der Waals surface area contributed by atoms with Crippen molar-refractivity contribution in [3.63, 3.8) is 0 Å². The van der Waals surface area contributed by atoms with Crippen LogP contribution in [0.15, 0.2) is 33.9 Å². The van der Waals surface area contributed by atoms with Crippen LogP contribution in [-0.2, 0) is 34.5 Å². The van der Waals surface area contributed by atoms with Gasteiger partial charge < -0.3 is 14.2 Å². The van der Waals surface area contributed by atoms with Crippen LogP contribution in [0.3, 0.4) is 0 Å². The maximum absolute atomic E-state index is 14.1. The average molecular weight is 457 g/mol. The zero-order chi connectivity index (χ0) is 23.7. The summed E-state index contributed by atoms with van der Waals surface area (Å²) in [6.07, 6.45) is 1.50. The molecule has 1 fully saturated rings. The lowest BCUT2D eigenvalue weighted by Gasteiger charge is -2.17. The Kier molecular flexibility index (Phi) is 6.12. The fourth-order valence-electron chi connectivity index (χ4n) is 3.97. The van der Waals surface area contributed by atoms with Crippen LogP contribution >= 0.6 is 0 Å². The van der Waals surface area contributed by atoms with Gasteiger partial charge in [-0.3, -0.25) is 23.9 Å². The van der Waals surface area contributed by atoms with Gasteiger partial charge in [-0.25, -0.2) is 14.2 Å². The van der Waals surface area contributed by atoms with Crippen molar-refractivity contribution in [2.24, 2.45) is 13.0 Å². The molecule has 33 heavy (non-hydrogen) atoms. The normalized spacial score (nSPS) is 16.0. The number of aryl methyl sites for hydroxylation is 2. The molecule has 4 rings (SSSR count). The second-order valence-electron chi connectivity index (χ2n) is 7.99. The van der Waals surface area contributed by atoms with E-state index in [0.29, 0.717) is 6.54 Å². The quantitative estimate of drug-likeness (QED) is 0.537. The van der Waals surface area contributed by atoms with Crippen molar-refractivity contribution in [2.75, 3.05) is 11.4 Å². The molecule has 1 amide bonds. The molecule has 1 aliphatic heterocycles. The summed E-state index contributed by atoms with van der Waals surface area (Å²) in [7, 11) is 1.60. The Morgan fingerprint density at radius 3 is 2.76 bits per heavy atom. The van der Waals surface area contributed by atoms with Crippen molar-refractivity contribution in [3.05, 3.63) is 56.7 Å². The van der Waals surface area contributed by atoms with Gasteiger partial charge in [0, 0.05) is 26.6 Å². The second-order valence-corrected chi connectivity index (χ2v) is 7.99. The lowest BCUT2D eigenvalue weighted by Crippen LogP contribution is -2.31. The number of amides is 1. The SMILES string of the molecule is CCCCn1c(=O)[nH]c(=O)c2c1nc(COC(=O)[C@@H]1CC(=O)N(c3ccccc3F)C1)n2C. The van der Waals surface area contributed by atoms with Crippen molar-refractivity contribution in [2.45, 2.75) is 39.3 Å². The molecule has 1 atom stereocenters. The summed E-state index contributed by atoms with van der Waals surface area (Å²) >= 11 is 0. The van der Waals surface area contributed by atoms with E-state index < -0.39 is 29.0 Å². The molecule has 174 valence electrons. The van der Waals surface area contributed by atoms with Crippen LogP contribution < -0.4 is 16.1 Å². The number of esters is 1. The molecule has 0 radical (unpaired) electrons. The Hall–Kier alpha value is -3.76. The summed E-state index contributed by atoms with van der Waals surface area (Å²) in [5.74, 6) is -1.99. The first-order chi connectivity index (χ1) is 15.8. The van der Waals surface area contributed by atoms with Gasteiger partial charge in [-0.15, -0.1) is 0 Å². The highest BCUT2D eigenvalue weighted by Gasteiger charge is 2.37. The van der Waals surface area contributed by atoms with Gasteiger partial charge in [-0.05, 0) is 18.6 Å². The molecule has 0 saturated carbocycles. The number of aromatic nitrogens is 4. The Morgan fingerprint density at radius 1 is 1.27 bits per heavy atom. The summed E-state index contributed by atoms with van der Waals surface area (Å²) in [4.78, 5) is 57.4. The van der Waals surface area contributed by atoms with Crippen LogP contribution in [0.1, 0.15) is 32.0 Å². The topological polar surface area (TPSA) is 119 Å². The zero-order valence-electron chi connectivity index (χ0n) is 18.3. The number of ether oxygens (including phenoxy) is 1. The van der Waals surface area contributed by atoms with Crippen molar-refractivity contribution in [1.82, 2.24) is 19.1 Å². The minimum atomic E-state index is -0.752. The highest BCUT2D eigenvalue weighted by Crippen LogP contribution is 2.28. The summed E-state index contributed by atoms with van der Waals surface area (Å²) in [6, 6.07) is 5.87. The summed E-state index contributed by atoms with van der Waals surface area (Å²) in [5.41, 5.74) is -0.555. The first kappa shape index (κ1) is 22.4. The third kappa shape index (κ3) is 4.18. The van der Waals surface area contributed by atoms with E-state index in [1.54, 1.807) is 13.1 Å². The molecule has 1 saturated heterocycles. The molecule has 0 aliphatic carbocycles. The fourth-order valence-corrected chi connectivity index (χ4v) is 3.97. The molecule has 3 aromatic rings. The molecule has 10 nitrogen and oxygen atoms in total. The molecule has 11 heteroatoms. The standard InChI is InChI=1S/C22H24FN5O5/c1-3-4-9-27-19-18(20(30)25-22(27)32)26(2)16(24-19)12-33-21(31)13-10-17(29)28(11-13)15-8-6-5-7-14(15)23/h5-8,13H,3-4,9-12H2,1-2H3,(H,25,30,32)/t13-/m1/s1.